The van der Waals surface area contributed by atoms with E-state index >= 15 is 0 Å². The molecule has 210 valence electrons. The molecule has 13 heteroatoms. The molecule has 0 saturated carbocycles. The Morgan fingerprint density at radius 2 is 0.951 bits per heavy atom. The summed E-state index contributed by atoms with van der Waals surface area (Å²) in [5.74, 6) is -1.53. The van der Waals surface area contributed by atoms with E-state index in [0.29, 0.717) is 21.2 Å². The average molecular weight is 672 g/mol. The molecule has 4 aromatic carbocycles. The number of rotatable bonds is 6. The van der Waals surface area contributed by atoms with Crippen molar-refractivity contribution in [2.75, 3.05) is 0 Å². The number of hydrogen-bond acceptors (Lipinski definition) is 6. The molecule has 0 heterocycles. The zero-order chi connectivity index (χ0) is 29.1. The van der Waals surface area contributed by atoms with Gasteiger partial charge in [-0.25, -0.2) is 10.9 Å². The van der Waals surface area contributed by atoms with E-state index in [1.807, 2.05) is 0 Å². The first-order valence-corrected chi connectivity index (χ1v) is 12.8. The third-order valence-electron chi connectivity index (χ3n) is 4.89. The van der Waals surface area contributed by atoms with Crippen LogP contribution in [0.25, 0.3) is 0 Å². The van der Waals surface area contributed by atoms with Gasteiger partial charge in [-0.3, -0.25) is 9.59 Å². The van der Waals surface area contributed by atoms with Crippen LogP contribution in [0.15, 0.2) is 95.1 Å². The Bertz CT molecular complexity index is 1440. The Kier molecular flexibility index (Phi) is 13.7. The predicted octanol–water partition coefficient (Wildman–Crippen LogP) is 5.66. The van der Waals surface area contributed by atoms with Crippen molar-refractivity contribution in [3.05, 3.63) is 127 Å². The zero-order valence-electron chi connectivity index (χ0n) is 20.6. The molecule has 2 amide bonds. The normalized spacial score (nSPS) is 10.4. The molecule has 0 spiro atoms. The fourth-order valence-corrected chi connectivity index (χ4v) is 4.00. The molecule has 0 unspecified atom stereocenters. The molecule has 0 aliphatic rings. The van der Waals surface area contributed by atoms with Crippen molar-refractivity contribution < 1.29 is 36.9 Å². The molecule has 0 saturated heterocycles. The standard InChI is InChI=1S/2C14H10Cl2N2O2.Fe/c2*15-11-6-10(13(19)12(16)7-11)8-17-18-14(20)9-4-2-1-3-5-9;/h2*1-8,19H,(H,18,20);/q;;+2/p-2/b2*17-8-;. The van der Waals surface area contributed by atoms with E-state index in [-0.39, 0.29) is 50.1 Å². The molecular weight excluding hydrogens is 654 g/mol. The van der Waals surface area contributed by atoms with Crippen LogP contribution in [0.2, 0.25) is 20.1 Å². The maximum absolute atomic E-state index is 11.7. The molecule has 4 aromatic rings. The minimum absolute atomic E-state index is 0. The minimum Gasteiger partial charge on any atom is -0.871 e. The average Bonchev–Trinajstić information content (AvgIpc) is 2.95. The molecule has 8 nitrogen and oxygen atoms in total. The second kappa shape index (κ2) is 16.6. The molecule has 0 aromatic heterocycles. The molecule has 4 rings (SSSR count). The molecule has 2 N–H and O–H groups in total. The number of benzene rings is 4. The van der Waals surface area contributed by atoms with E-state index in [1.165, 1.54) is 36.7 Å². The Hall–Kier alpha value is -3.56. The van der Waals surface area contributed by atoms with Gasteiger partial charge in [0.1, 0.15) is 0 Å². The van der Waals surface area contributed by atoms with Crippen LogP contribution in [0.5, 0.6) is 11.5 Å². The number of hydrogen-bond donors (Lipinski definition) is 2. The predicted molar refractivity (Wildman–Crippen MR) is 155 cm³/mol. The van der Waals surface area contributed by atoms with Crippen molar-refractivity contribution in [1.82, 2.24) is 10.9 Å². The van der Waals surface area contributed by atoms with Crippen molar-refractivity contribution in [2.24, 2.45) is 10.2 Å². The monoisotopic (exact) mass is 670 g/mol. The number of carbonyl (C=O) groups is 2. The van der Waals surface area contributed by atoms with Crippen molar-refractivity contribution in [3.8, 4) is 11.5 Å². The number of halogens is 4. The van der Waals surface area contributed by atoms with E-state index in [9.17, 15) is 19.8 Å². The molecular formula is C28H18Cl4FeN4O4. The topological polar surface area (TPSA) is 129 Å². The third kappa shape index (κ3) is 10.4. The first kappa shape index (κ1) is 33.6. The SMILES string of the molecule is O=C(N/N=C\c1cc(Cl)cc(Cl)c1[O-])c1ccccc1.O=C(N/N=C\c1cc(Cl)cc(Cl)c1[O-])c1ccccc1.[Fe+2]. The summed E-state index contributed by atoms with van der Waals surface area (Å²) in [4.78, 5) is 23.4. The second-order valence-corrected chi connectivity index (χ2v) is 9.43. The van der Waals surface area contributed by atoms with Crippen LogP contribution >= 0.6 is 46.4 Å². The van der Waals surface area contributed by atoms with Gasteiger partial charge < -0.3 is 10.2 Å². The van der Waals surface area contributed by atoms with E-state index < -0.39 is 11.5 Å². The minimum atomic E-state index is -0.395. The van der Waals surface area contributed by atoms with Gasteiger partial charge in [-0.1, -0.05) is 94.3 Å². The summed E-state index contributed by atoms with van der Waals surface area (Å²) in [5.41, 5.74) is 5.98. The Morgan fingerprint density at radius 3 is 1.29 bits per heavy atom. The second-order valence-electron chi connectivity index (χ2n) is 7.74. The summed E-state index contributed by atoms with van der Waals surface area (Å²) in [7, 11) is 0. The van der Waals surface area contributed by atoms with Crippen LogP contribution < -0.4 is 21.1 Å². The molecule has 0 radical (unpaired) electrons. The van der Waals surface area contributed by atoms with Crippen LogP contribution in [0.1, 0.15) is 31.8 Å². The largest absolute Gasteiger partial charge is 2.00 e. The van der Waals surface area contributed by atoms with Gasteiger partial charge in [0.05, 0.1) is 12.4 Å². The first-order chi connectivity index (χ1) is 19.2. The Labute approximate surface area is 266 Å². The number of nitrogens with zero attached hydrogens (tertiary/aromatic N) is 2. The Morgan fingerprint density at radius 1 is 0.610 bits per heavy atom. The van der Waals surface area contributed by atoms with E-state index in [4.69, 9.17) is 46.4 Å². The summed E-state index contributed by atoms with van der Waals surface area (Å²) in [5, 5.41) is 31.4. The van der Waals surface area contributed by atoms with E-state index in [0.717, 1.165) is 0 Å². The van der Waals surface area contributed by atoms with Crippen LogP contribution in [0.4, 0.5) is 0 Å². The third-order valence-corrected chi connectivity index (χ3v) is 5.88. The van der Waals surface area contributed by atoms with Gasteiger partial charge in [-0.2, -0.15) is 10.2 Å². The fraction of sp³-hybridized carbons (Fsp3) is 0. The smallest absolute Gasteiger partial charge is 0.871 e. The summed E-state index contributed by atoms with van der Waals surface area (Å²) < 4.78 is 0. The Balaban J connectivity index is 0.000000280. The fourth-order valence-electron chi connectivity index (χ4n) is 2.98. The summed E-state index contributed by atoms with van der Waals surface area (Å²) in [6.45, 7) is 0. The van der Waals surface area contributed by atoms with Gasteiger partial charge in [0, 0.05) is 31.2 Å². The molecule has 0 fully saturated rings. The summed E-state index contributed by atoms with van der Waals surface area (Å²) in [6, 6.07) is 22.7. The van der Waals surface area contributed by atoms with E-state index in [1.54, 1.807) is 60.7 Å². The van der Waals surface area contributed by atoms with Crippen molar-refractivity contribution in [2.45, 2.75) is 0 Å². The van der Waals surface area contributed by atoms with Gasteiger partial charge in [-0.05, 0) is 59.7 Å². The molecule has 41 heavy (non-hydrogen) atoms. The first-order valence-electron chi connectivity index (χ1n) is 11.2. The van der Waals surface area contributed by atoms with Gasteiger partial charge in [-0.15, -0.1) is 0 Å². The zero-order valence-corrected chi connectivity index (χ0v) is 24.8. The van der Waals surface area contributed by atoms with Crippen LogP contribution in [0.3, 0.4) is 0 Å². The van der Waals surface area contributed by atoms with Crippen molar-refractivity contribution >= 4 is 70.6 Å². The van der Waals surface area contributed by atoms with Gasteiger partial charge in [0.15, 0.2) is 0 Å². The maximum Gasteiger partial charge on any atom is 2.00 e. The van der Waals surface area contributed by atoms with Gasteiger partial charge in [0.2, 0.25) is 0 Å². The summed E-state index contributed by atoms with van der Waals surface area (Å²) >= 11 is 23.0. The van der Waals surface area contributed by atoms with Gasteiger partial charge >= 0.3 is 17.1 Å². The number of carbonyl (C=O) groups excluding carboxylic acids is 2. The van der Waals surface area contributed by atoms with Crippen LogP contribution in [-0.4, -0.2) is 24.2 Å². The molecule has 0 aliphatic heterocycles. The van der Waals surface area contributed by atoms with Crippen LogP contribution in [0, 0.1) is 0 Å². The van der Waals surface area contributed by atoms with Crippen LogP contribution in [-0.2, 0) is 17.1 Å². The maximum atomic E-state index is 11.7. The molecule has 0 atom stereocenters. The number of amides is 2. The van der Waals surface area contributed by atoms with Crippen molar-refractivity contribution in [3.63, 3.8) is 0 Å². The summed E-state index contributed by atoms with van der Waals surface area (Å²) in [6.07, 6.45) is 2.42. The quantitative estimate of drug-likeness (QED) is 0.156. The van der Waals surface area contributed by atoms with Crippen molar-refractivity contribution in [1.29, 1.82) is 0 Å². The van der Waals surface area contributed by atoms with E-state index in [2.05, 4.69) is 21.1 Å². The number of hydrazone groups is 2. The van der Waals surface area contributed by atoms with Gasteiger partial charge in [0.25, 0.3) is 11.8 Å². The molecule has 0 aliphatic carbocycles. The number of nitrogens with one attached hydrogen (secondary N) is 2. The molecule has 0 bridgehead atoms.